The van der Waals surface area contributed by atoms with Crippen LogP contribution in [0.5, 0.6) is 0 Å². The highest BCUT2D eigenvalue weighted by atomic mass is 16.3. The van der Waals surface area contributed by atoms with Crippen LogP contribution in [0.1, 0.15) is 25.1 Å². The molecule has 1 aromatic heterocycles. The zero-order chi connectivity index (χ0) is 9.19. The van der Waals surface area contributed by atoms with Gasteiger partial charge in [0.05, 0.1) is 5.60 Å². The number of rotatable bonds is 2. The second-order valence-electron chi connectivity index (χ2n) is 3.74. The zero-order valence-electron chi connectivity index (χ0n) is 7.83. The van der Waals surface area contributed by atoms with Gasteiger partial charge in [-0.1, -0.05) is 6.07 Å². The molecule has 1 N–H and O–H groups in total. The Labute approximate surface area is 73.3 Å². The van der Waals surface area contributed by atoms with Crippen molar-refractivity contribution in [3.8, 4) is 0 Å². The number of hydrogen-bond donors (Lipinski definition) is 1. The second kappa shape index (κ2) is 3.23. The van der Waals surface area contributed by atoms with E-state index in [1.165, 1.54) is 0 Å². The second-order valence-corrected chi connectivity index (χ2v) is 3.74. The van der Waals surface area contributed by atoms with Gasteiger partial charge in [0.15, 0.2) is 0 Å². The van der Waals surface area contributed by atoms with E-state index >= 15 is 0 Å². The molecule has 0 unspecified atom stereocenters. The maximum absolute atomic E-state index is 9.57. The molecule has 0 spiro atoms. The first kappa shape index (κ1) is 9.20. The monoisotopic (exact) mass is 165 g/mol. The maximum Gasteiger partial charge on any atom is 0.0632 e. The lowest BCUT2D eigenvalue weighted by molar-refractivity contribution is 0.0807. The van der Waals surface area contributed by atoms with Crippen molar-refractivity contribution in [1.29, 1.82) is 0 Å². The Kier molecular flexibility index (Phi) is 2.48. The van der Waals surface area contributed by atoms with Crippen LogP contribution in [-0.4, -0.2) is 15.7 Å². The van der Waals surface area contributed by atoms with E-state index in [2.05, 4.69) is 4.98 Å². The van der Waals surface area contributed by atoms with Crippen molar-refractivity contribution in [2.75, 3.05) is 0 Å². The molecule has 0 saturated carbocycles. The van der Waals surface area contributed by atoms with Crippen LogP contribution >= 0.6 is 0 Å². The molecule has 0 fully saturated rings. The number of pyridine rings is 1. The van der Waals surface area contributed by atoms with Crippen molar-refractivity contribution < 1.29 is 5.11 Å². The highest BCUT2D eigenvalue weighted by molar-refractivity contribution is 5.19. The summed E-state index contributed by atoms with van der Waals surface area (Å²) in [6, 6.07) is 3.90. The molecule has 1 heterocycles. The molecule has 12 heavy (non-hydrogen) atoms. The fraction of sp³-hybridized carbons (Fsp3) is 0.500. The molecule has 1 aromatic rings. The normalized spacial score (nSPS) is 11.7. The fourth-order valence-corrected chi connectivity index (χ4v) is 1.17. The SMILES string of the molecule is Cc1ncccc1CC(C)(C)O. The van der Waals surface area contributed by atoms with Crippen LogP contribution in [0.2, 0.25) is 0 Å². The number of aryl methyl sites for hydroxylation is 1. The fourth-order valence-electron chi connectivity index (χ4n) is 1.17. The minimum Gasteiger partial charge on any atom is -0.390 e. The lowest BCUT2D eigenvalue weighted by atomic mass is 9.98. The molecule has 0 saturated heterocycles. The number of aromatic nitrogens is 1. The summed E-state index contributed by atoms with van der Waals surface area (Å²) in [4.78, 5) is 4.15. The van der Waals surface area contributed by atoms with Gasteiger partial charge < -0.3 is 5.11 Å². The quantitative estimate of drug-likeness (QED) is 0.723. The Morgan fingerprint density at radius 1 is 1.50 bits per heavy atom. The van der Waals surface area contributed by atoms with E-state index in [1.807, 2.05) is 19.1 Å². The van der Waals surface area contributed by atoms with Crippen LogP contribution in [-0.2, 0) is 6.42 Å². The van der Waals surface area contributed by atoms with Crippen LogP contribution in [0.3, 0.4) is 0 Å². The molecule has 0 aliphatic rings. The van der Waals surface area contributed by atoms with Crippen molar-refractivity contribution in [2.45, 2.75) is 32.8 Å². The number of nitrogens with zero attached hydrogens (tertiary/aromatic N) is 1. The molecule has 0 amide bonds. The highest BCUT2D eigenvalue weighted by Gasteiger charge is 2.14. The summed E-state index contributed by atoms with van der Waals surface area (Å²) in [6.07, 6.45) is 2.43. The summed E-state index contributed by atoms with van der Waals surface area (Å²) < 4.78 is 0. The third-order valence-corrected chi connectivity index (χ3v) is 1.74. The van der Waals surface area contributed by atoms with Crippen LogP contribution in [0.15, 0.2) is 18.3 Å². The molecular weight excluding hydrogens is 150 g/mol. The van der Waals surface area contributed by atoms with E-state index in [1.54, 1.807) is 20.0 Å². The molecule has 0 atom stereocenters. The Morgan fingerprint density at radius 3 is 2.67 bits per heavy atom. The van der Waals surface area contributed by atoms with Crippen LogP contribution in [0, 0.1) is 6.92 Å². The standard InChI is InChI=1S/C10H15NO/c1-8-9(5-4-6-11-8)7-10(2,3)12/h4-6,12H,7H2,1-3H3. The van der Waals surface area contributed by atoms with Gasteiger partial charge in [-0.15, -0.1) is 0 Å². The van der Waals surface area contributed by atoms with Gasteiger partial charge in [-0.25, -0.2) is 0 Å². The van der Waals surface area contributed by atoms with Crippen molar-refractivity contribution in [2.24, 2.45) is 0 Å². The third-order valence-electron chi connectivity index (χ3n) is 1.74. The molecule has 0 aliphatic heterocycles. The van der Waals surface area contributed by atoms with Gasteiger partial charge in [0, 0.05) is 18.3 Å². The predicted octanol–water partition coefficient (Wildman–Crippen LogP) is 1.70. The van der Waals surface area contributed by atoms with Crippen molar-refractivity contribution in [3.63, 3.8) is 0 Å². The summed E-state index contributed by atoms with van der Waals surface area (Å²) in [5, 5.41) is 9.57. The molecule has 2 heteroatoms. The average Bonchev–Trinajstić information content (AvgIpc) is 1.91. The molecule has 0 bridgehead atoms. The van der Waals surface area contributed by atoms with Gasteiger partial charge in [-0.2, -0.15) is 0 Å². The molecule has 0 aromatic carbocycles. The van der Waals surface area contributed by atoms with Gasteiger partial charge >= 0.3 is 0 Å². The minimum absolute atomic E-state index is 0.645. The summed E-state index contributed by atoms with van der Waals surface area (Å²) in [7, 11) is 0. The zero-order valence-corrected chi connectivity index (χ0v) is 7.83. The van der Waals surface area contributed by atoms with E-state index in [0.717, 1.165) is 11.3 Å². The Morgan fingerprint density at radius 2 is 2.17 bits per heavy atom. The maximum atomic E-state index is 9.57. The molecule has 1 rings (SSSR count). The van der Waals surface area contributed by atoms with E-state index < -0.39 is 5.60 Å². The van der Waals surface area contributed by atoms with E-state index in [4.69, 9.17) is 0 Å². The van der Waals surface area contributed by atoms with Crippen LogP contribution < -0.4 is 0 Å². The largest absolute Gasteiger partial charge is 0.390 e. The topological polar surface area (TPSA) is 33.1 Å². The summed E-state index contributed by atoms with van der Waals surface area (Å²) >= 11 is 0. The molecule has 66 valence electrons. The van der Waals surface area contributed by atoms with Crippen LogP contribution in [0.25, 0.3) is 0 Å². The lowest BCUT2D eigenvalue weighted by Gasteiger charge is -2.17. The minimum atomic E-state index is -0.645. The van der Waals surface area contributed by atoms with Gasteiger partial charge in [0.25, 0.3) is 0 Å². The summed E-state index contributed by atoms with van der Waals surface area (Å²) in [6.45, 7) is 5.57. The van der Waals surface area contributed by atoms with E-state index in [9.17, 15) is 5.11 Å². The Bertz CT molecular complexity index is 263. The first-order chi connectivity index (χ1) is 5.49. The average molecular weight is 165 g/mol. The van der Waals surface area contributed by atoms with Crippen molar-refractivity contribution in [3.05, 3.63) is 29.6 Å². The molecule has 0 aliphatic carbocycles. The van der Waals surface area contributed by atoms with Crippen LogP contribution in [0.4, 0.5) is 0 Å². The predicted molar refractivity (Wildman–Crippen MR) is 49.0 cm³/mol. The van der Waals surface area contributed by atoms with Gasteiger partial charge in [0.1, 0.15) is 0 Å². The third kappa shape index (κ3) is 2.62. The van der Waals surface area contributed by atoms with Gasteiger partial charge in [-0.05, 0) is 32.4 Å². The summed E-state index contributed by atoms with van der Waals surface area (Å²) in [5.74, 6) is 0. The highest BCUT2D eigenvalue weighted by Crippen LogP contribution is 2.13. The van der Waals surface area contributed by atoms with E-state index in [-0.39, 0.29) is 0 Å². The first-order valence-corrected chi connectivity index (χ1v) is 4.12. The molecule has 2 nitrogen and oxygen atoms in total. The Hall–Kier alpha value is -0.890. The van der Waals surface area contributed by atoms with Crippen molar-refractivity contribution >= 4 is 0 Å². The van der Waals surface area contributed by atoms with Gasteiger partial charge in [-0.3, -0.25) is 4.98 Å². The van der Waals surface area contributed by atoms with E-state index in [0.29, 0.717) is 6.42 Å². The lowest BCUT2D eigenvalue weighted by Crippen LogP contribution is -2.22. The molecule has 0 radical (unpaired) electrons. The molecular formula is C10H15NO. The smallest absolute Gasteiger partial charge is 0.0632 e. The number of aliphatic hydroxyl groups is 1. The van der Waals surface area contributed by atoms with Gasteiger partial charge in [0.2, 0.25) is 0 Å². The Balaban J connectivity index is 2.83. The summed E-state index contributed by atoms with van der Waals surface area (Å²) in [5.41, 5.74) is 1.47. The van der Waals surface area contributed by atoms with Crippen molar-refractivity contribution in [1.82, 2.24) is 4.98 Å². The number of hydrogen-bond acceptors (Lipinski definition) is 2. The first-order valence-electron chi connectivity index (χ1n) is 4.12.